The molecule has 1 aromatic heterocycles. The van der Waals surface area contributed by atoms with Crippen LogP contribution < -0.4 is 9.46 Å². The molecule has 21 heavy (non-hydrogen) atoms. The maximum atomic E-state index is 12.9. The van der Waals surface area contributed by atoms with Crippen molar-refractivity contribution >= 4 is 21.6 Å². The Morgan fingerprint density at radius 2 is 2.10 bits per heavy atom. The second-order valence-electron chi connectivity index (χ2n) is 4.11. The van der Waals surface area contributed by atoms with E-state index in [4.69, 9.17) is 16.3 Å². The minimum Gasteiger partial charge on any atom is -0.481 e. The van der Waals surface area contributed by atoms with Gasteiger partial charge in [0.1, 0.15) is 10.7 Å². The van der Waals surface area contributed by atoms with E-state index in [1.807, 2.05) is 0 Å². The maximum Gasteiger partial charge on any atom is 0.242 e. The number of hydrogen-bond acceptors (Lipinski definition) is 4. The molecule has 0 spiro atoms. The monoisotopic (exact) mass is 330 g/mol. The van der Waals surface area contributed by atoms with Crippen LogP contribution in [0.1, 0.15) is 5.56 Å². The fourth-order valence-electron chi connectivity index (χ4n) is 1.59. The average Bonchev–Trinajstić information content (AvgIpc) is 2.45. The Labute approximate surface area is 126 Å². The SMILES string of the molecule is COc1ccc(CNS(=O)(=O)c2ccc(F)cc2Cl)cn1. The van der Waals surface area contributed by atoms with E-state index in [0.717, 1.165) is 18.2 Å². The quantitative estimate of drug-likeness (QED) is 0.913. The van der Waals surface area contributed by atoms with E-state index < -0.39 is 15.8 Å². The van der Waals surface area contributed by atoms with Gasteiger partial charge in [-0.25, -0.2) is 22.5 Å². The highest BCUT2D eigenvalue weighted by Crippen LogP contribution is 2.22. The van der Waals surface area contributed by atoms with Crippen molar-refractivity contribution in [3.05, 3.63) is 52.9 Å². The maximum absolute atomic E-state index is 12.9. The van der Waals surface area contributed by atoms with Crippen LogP contribution in [0.4, 0.5) is 4.39 Å². The van der Waals surface area contributed by atoms with E-state index in [9.17, 15) is 12.8 Å². The summed E-state index contributed by atoms with van der Waals surface area (Å²) in [6.07, 6.45) is 1.49. The molecule has 8 heteroatoms. The Morgan fingerprint density at radius 1 is 1.33 bits per heavy atom. The molecule has 0 aliphatic carbocycles. The number of benzene rings is 1. The summed E-state index contributed by atoms with van der Waals surface area (Å²) in [6.45, 7) is 0.0348. The van der Waals surface area contributed by atoms with Gasteiger partial charge in [-0.1, -0.05) is 17.7 Å². The first-order chi connectivity index (χ1) is 9.92. The molecule has 0 atom stereocenters. The summed E-state index contributed by atoms with van der Waals surface area (Å²) < 4.78 is 44.4. The van der Waals surface area contributed by atoms with Crippen LogP contribution in [0.25, 0.3) is 0 Å². The van der Waals surface area contributed by atoms with Gasteiger partial charge in [-0.2, -0.15) is 0 Å². The molecule has 2 rings (SSSR count). The number of ether oxygens (including phenoxy) is 1. The second-order valence-corrected chi connectivity index (χ2v) is 6.25. The standard InChI is InChI=1S/C13H12ClFN2O3S/c1-20-13-5-2-9(7-16-13)8-17-21(18,19)12-4-3-10(15)6-11(12)14/h2-7,17H,8H2,1H3. The van der Waals surface area contributed by atoms with Gasteiger partial charge in [0.25, 0.3) is 0 Å². The first-order valence-corrected chi connectivity index (χ1v) is 7.72. The van der Waals surface area contributed by atoms with E-state index >= 15 is 0 Å². The molecular formula is C13H12ClFN2O3S. The van der Waals surface area contributed by atoms with Crippen LogP contribution in [0.2, 0.25) is 5.02 Å². The van der Waals surface area contributed by atoms with Crippen molar-refractivity contribution in [2.45, 2.75) is 11.4 Å². The average molecular weight is 331 g/mol. The summed E-state index contributed by atoms with van der Waals surface area (Å²) in [5, 5.41) is -0.171. The molecule has 2 aromatic rings. The van der Waals surface area contributed by atoms with Crippen molar-refractivity contribution < 1.29 is 17.5 Å². The summed E-state index contributed by atoms with van der Waals surface area (Å²) in [5.74, 6) is -0.165. The Hall–Kier alpha value is -1.70. The lowest BCUT2D eigenvalue weighted by atomic mass is 10.3. The molecule has 0 aliphatic rings. The highest BCUT2D eigenvalue weighted by Gasteiger charge is 2.18. The Balaban J connectivity index is 2.13. The van der Waals surface area contributed by atoms with E-state index in [-0.39, 0.29) is 16.5 Å². The van der Waals surface area contributed by atoms with Gasteiger partial charge in [0.15, 0.2) is 0 Å². The van der Waals surface area contributed by atoms with Crippen molar-refractivity contribution in [2.24, 2.45) is 0 Å². The summed E-state index contributed by atoms with van der Waals surface area (Å²) >= 11 is 5.75. The van der Waals surface area contributed by atoms with Crippen molar-refractivity contribution in [2.75, 3.05) is 7.11 Å². The highest BCUT2D eigenvalue weighted by molar-refractivity contribution is 7.89. The first-order valence-electron chi connectivity index (χ1n) is 5.86. The smallest absolute Gasteiger partial charge is 0.242 e. The minimum atomic E-state index is -3.83. The van der Waals surface area contributed by atoms with Gasteiger partial charge in [0, 0.05) is 18.8 Å². The number of sulfonamides is 1. The van der Waals surface area contributed by atoms with Crippen LogP contribution >= 0.6 is 11.6 Å². The Morgan fingerprint density at radius 3 is 2.67 bits per heavy atom. The number of nitrogens with one attached hydrogen (secondary N) is 1. The fraction of sp³-hybridized carbons (Fsp3) is 0.154. The molecule has 0 amide bonds. The molecule has 0 radical (unpaired) electrons. The van der Waals surface area contributed by atoms with Crippen LogP contribution in [-0.4, -0.2) is 20.5 Å². The lowest BCUT2D eigenvalue weighted by Crippen LogP contribution is -2.23. The zero-order valence-corrected chi connectivity index (χ0v) is 12.6. The summed E-state index contributed by atoms with van der Waals surface area (Å²) in [7, 11) is -2.34. The van der Waals surface area contributed by atoms with Gasteiger partial charge in [0.2, 0.25) is 15.9 Å². The normalized spacial score (nSPS) is 11.4. The van der Waals surface area contributed by atoms with Crippen LogP contribution in [0.15, 0.2) is 41.4 Å². The molecular weight excluding hydrogens is 319 g/mol. The van der Waals surface area contributed by atoms with E-state index in [2.05, 4.69) is 9.71 Å². The molecule has 0 unspecified atom stereocenters. The molecule has 0 aliphatic heterocycles. The van der Waals surface area contributed by atoms with Gasteiger partial charge in [0.05, 0.1) is 12.1 Å². The number of pyridine rings is 1. The number of rotatable bonds is 5. The molecule has 0 saturated carbocycles. The fourth-order valence-corrected chi connectivity index (χ4v) is 3.13. The molecule has 112 valence electrons. The molecule has 1 heterocycles. The van der Waals surface area contributed by atoms with Gasteiger partial charge in [-0.15, -0.1) is 0 Å². The Kier molecular flexibility index (Phi) is 4.76. The number of aromatic nitrogens is 1. The predicted octanol–water partition coefficient (Wildman–Crippen LogP) is 2.36. The van der Waals surface area contributed by atoms with Gasteiger partial charge in [-0.3, -0.25) is 0 Å². The van der Waals surface area contributed by atoms with Crippen molar-refractivity contribution in [1.29, 1.82) is 0 Å². The number of halogens is 2. The van der Waals surface area contributed by atoms with Crippen LogP contribution in [0.5, 0.6) is 5.88 Å². The molecule has 0 bridgehead atoms. The van der Waals surface area contributed by atoms with Crippen LogP contribution in [0, 0.1) is 5.82 Å². The van der Waals surface area contributed by atoms with Crippen molar-refractivity contribution in [3.8, 4) is 5.88 Å². The predicted molar refractivity (Wildman–Crippen MR) is 76.2 cm³/mol. The summed E-state index contributed by atoms with van der Waals surface area (Å²) in [4.78, 5) is 3.79. The lowest BCUT2D eigenvalue weighted by Gasteiger charge is -2.08. The van der Waals surface area contributed by atoms with E-state index in [1.54, 1.807) is 12.1 Å². The van der Waals surface area contributed by atoms with Gasteiger partial charge >= 0.3 is 0 Å². The zero-order chi connectivity index (χ0) is 15.5. The minimum absolute atomic E-state index is 0.0348. The third-order valence-corrected chi connectivity index (χ3v) is 4.54. The van der Waals surface area contributed by atoms with Crippen LogP contribution in [0.3, 0.4) is 0 Å². The number of nitrogens with zero attached hydrogens (tertiary/aromatic N) is 1. The Bertz CT molecular complexity index is 736. The number of hydrogen-bond donors (Lipinski definition) is 1. The molecule has 0 fully saturated rings. The highest BCUT2D eigenvalue weighted by atomic mass is 35.5. The first kappa shape index (κ1) is 15.7. The van der Waals surface area contributed by atoms with Gasteiger partial charge < -0.3 is 4.74 Å². The molecule has 1 aromatic carbocycles. The van der Waals surface area contributed by atoms with E-state index in [0.29, 0.717) is 11.4 Å². The summed E-state index contributed by atoms with van der Waals surface area (Å²) in [5.41, 5.74) is 0.651. The molecule has 0 saturated heterocycles. The zero-order valence-electron chi connectivity index (χ0n) is 11.0. The van der Waals surface area contributed by atoms with Gasteiger partial charge in [-0.05, 0) is 23.8 Å². The number of methoxy groups -OCH3 is 1. The van der Waals surface area contributed by atoms with Crippen molar-refractivity contribution in [3.63, 3.8) is 0 Å². The second kappa shape index (κ2) is 6.38. The van der Waals surface area contributed by atoms with Crippen molar-refractivity contribution in [1.82, 2.24) is 9.71 Å². The largest absolute Gasteiger partial charge is 0.481 e. The third-order valence-electron chi connectivity index (χ3n) is 2.66. The topological polar surface area (TPSA) is 68.3 Å². The molecule has 1 N–H and O–H groups in total. The van der Waals surface area contributed by atoms with E-state index in [1.165, 1.54) is 13.3 Å². The van der Waals surface area contributed by atoms with Crippen LogP contribution in [-0.2, 0) is 16.6 Å². The molecule has 5 nitrogen and oxygen atoms in total. The summed E-state index contributed by atoms with van der Waals surface area (Å²) in [6, 6.07) is 6.40. The third kappa shape index (κ3) is 3.90. The lowest BCUT2D eigenvalue weighted by molar-refractivity contribution is 0.397.